The van der Waals surface area contributed by atoms with Crippen LogP contribution in [0.5, 0.6) is 0 Å². The zero-order valence-electron chi connectivity index (χ0n) is 10.4. The summed E-state index contributed by atoms with van der Waals surface area (Å²) in [5, 5.41) is 8.44. The van der Waals surface area contributed by atoms with Crippen molar-refractivity contribution in [2.75, 3.05) is 26.4 Å². The Kier molecular flexibility index (Phi) is 6.40. The summed E-state index contributed by atoms with van der Waals surface area (Å²) in [6.45, 7) is 0.117. The molecule has 0 atom stereocenters. The fraction of sp³-hybridized carbons (Fsp3) is 0.455. The highest BCUT2D eigenvalue weighted by atomic mass is 32.2. The van der Waals surface area contributed by atoms with E-state index in [0.717, 1.165) is 0 Å². The molecule has 114 valence electrons. The number of rotatable bonds is 8. The Morgan fingerprint density at radius 1 is 1.15 bits per heavy atom. The number of sulfonamides is 1. The first-order chi connectivity index (χ1) is 9.40. The summed E-state index contributed by atoms with van der Waals surface area (Å²) >= 11 is 0. The number of aliphatic hydroxyl groups is 1. The Balaban J connectivity index is 2.63. The van der Waals surface area contributed by atoms with Gasteiger partial charge in [0.15, 0.2) is 17.5 Å². The van der Waals surface area contributed by atoms with Crippen molar-refractivity contribution in [1.29, 1.82) is 0 Å². The number of hydrogen-bond donors (Lipinski definition) is 2. The molecule has 5 nitrogen and oxygen atoms in total. The molecule has 0 saturated heterocycles. The number of nitrogens with one attached hydrogen (secondary N) is 1. The summed E-state index contributed by atoms with van der Waals surface area (Å²) in [7, 11) is -4.26. The van der Waals surface area contributed by atoms with E-state index in [4.69, 9.17) is 9.84 Å². The van der Waals surface area contributed by atoms with Gasteiger partial charge in [-0.25, -0.2) is 26.3 Å². The normalized spacial score (nSPS) is 11.8. The summed E-state index contributed by atoms with van der Waals surface area (Å²) < 4.78 is 69.3. The summed E-state index contributed by atoms with van der Waals surface area (Å²) in [5.41, 5.74) is 0. The molecule has 1 rings (SSSR count). The van der Waals surface area contributed by atoms with Gasteiger partial charge in [-0.1, -0.05) is 0 Å². The van der Waals surface area contributed by atoms with E-state index in [-0.39, 0.29) is 32.8 Å². The van der Waals surface area contributed by atoms with Gasteiger partial charge in [0.25, 0.3) is 0 Å². The smallest absolute Gasteiger partial charge is 0.243 e. The van der Waals surface area contributed by atoms with Gasteiger partial charge in [-0.05, 0) is 18.6 Å². The van der Waals surface area contributed by atoms with Gasteiger partial charge >= 0.3 is 0 Å². The molecular formula is C11H14F3NO4S. The summed E-state index contributed by atoms with van der Waals surface area (Å²) in [5.74, 6) is -5.05. The van der Waals surface area contributed by atoms with Crippen LogP contribution >= 0.6 is 0 Å². The van der Waals surface area contributed by atoms with Gasteiger partial charge in [0.05, 0.1) is 13.2 Å². The second kappa shape index (κ2) is 7.58. The van der Waals surface area contributed by atoms with E-state index in [2.05, 4.69) is 0 Å². The van der Waals surface area contributed by atoms with Crippen molar-refractivity contribution in [3.63, 3.8) is 0 Å². The van der Waals surface area contributed by atoms with E-state index in [1.165, 1.54) is 0 Å². The van der Waals surface area contributed by atoms with Crippen molar-refractivity contribution in [2.24, 2.45) is 0 Å². The van der Waals surface area contributed by atoms with E-state index in [1.807, 2.05) is 4.72 Å². The SMILES string of the molecule is O=S(=O)(NCCCOCCO)c1ccc(F)c(F)c1F. The molecule has 0 aliphatic rings. The Morgan fingerprint density at radius 2 is 1.85 bits per heavy atom. The number of ether oxygens (including phenoxy) is 1. The van der Waals surface area contributed by atoms with Gasteiger partial charge in [0.2, 0.25) is 10.0 Å². The van der Waals surface area contributed by atoms with Crippen molar-refractivity contribution in [3.05, 3.63) is 29.6 Å². The van der Waals surface area contributed by atoms with Crippen LogP contribution in [0.2, 0.25) is 0 Å². The first-order valence-electron chi connectivity index (χ1n) is 5.72. The fourth-order valence-electron chi connectivity index (χ4n) is 1.34. The predicted octanol–water partition coefficient (Wildman–Crippen LogP) is 0.781. The third-order valence-electron chi connectivity index (χ3n) is 2.28. The first-order valence-corrected chi connectivity index (χ1v) is 7.20. The highest BCUT2D eigenvalue weighted by Crippen LogP contribution is 2.19. The minimum Gasteiger partial charge on any atom is -0.394 e. The molecule has 0 aliphatic heterocycles. The summed E-state index contributed by atoms with van der Waals surface area (Å²) in [4.78, 5) is -0.951. The lowest BCUT2D eigenvalue weighted by Crippen LogP contribution is -2.27. The molecule has 20 heavy (non-hydrogen) atoms. The molecule has 0 saturated carbocycles. The second-order valence-electron chi connectivity index (χ2n) is 3.76. The lowest BCUT2D eigenvalue weighted by atomic mass is 10.3. The highest BCUT2D eigenvalue weighted by Gasteiger charge is 2.23. The monoisotopic (exact) mass is 313 g/mol. The van der Waals surface area contributed by atoms with Crippen LogP contribution in [0.3, 0.4) is 0 Å². The van der Waals surface area contributed by atoms with Crippen LogP contribution in [-0.2, 0) is 14.8 Å². The fourth-order valence-corrected chi connectivity index (χ4v) is 2.48. The van der Waals surface area contributed by atoms with E-state index in [0.29, 0.717) is 12.1 Å². The third kappa shape index (κ3) is 4.44. The number of hydrogen-bond acceptors (Lipinski definition) is 4. The van der Waals surface area contributed by atoms with E-state index in [1.54, 1.807) is 0 Å². The maximum Gasteiger partial charge on any atom is 0.243 e. The van der Waals surface area contributed by atoms with Gasteiger partial charge < -0.3 is 9.84 Å². The summed E-state index contributed by atoms with van der Waals surface area (Å²) in [6, 6.07) is 1.19. The highest BCUT2D eigenvalue weighted by molar-refractivity contribution is 7.89. The molecule has 0 fully saturated rings. The largest absolute Gasteiger partial charge is 0.394 e. The van der Waals surface area contributed by atoms with Crippen molar-refractivity contribution >= 4 is 10.0 Å². The number of aliphatic hydroxyl groups excluding tert-OH is 1. The average Bonchev–Trinajstić information content (AvgIpc) is 2.39. The topological polar surface area (TPSA) is 75.6 Å². The standard InChI is InChI=1S/C11H14F3NO4S/c12-8-2-3-9(11(14)10(8)13)20(17,18)15-4-1-6-19-7-5-16/h2-3,15-16H,1,4-7H2. The Bertz CT molecular complexity index is 551. The zero-order chi connectivity index (χ0) is 15.2. The minimum absolute atomic E-state index is 0.0633. The quantitative estimate of drug-likeness (QED) is 0.549. The molecule has 0 radical (unpaired) electrons. The van der Waals surface area contributed by atoms with Gasteiger partial charge in [0.1, 0.15) is 4.90 Å². The van der Waals surface area contributed by atoms with Crippen LogP contribution in [0, 0.1) is 17.5 Å². The van der Waals surface area contributed by atoms with E-state index < -0.39 is 32.4 Å². The molecule has 0 unspecified atom stereocenters. The molecule has 0 bridgehead atoms. The van der Waals surface area contributed by atoms with Gasteiger partial charge in [-0.3, -0.25) is 0 Å². The van der Waals surface area contributed by atoms with Crippen LogP contribution in [0.1, 0.15) is 6.42 Å². The zero-order valence-corrected chi connectivity index (χ0v) is 11.2. The van der Waals surface area contributed by atoms with Crippen molar-refractivity contribution in [1.82, 2.24) is 4.72 Å². The van der Waals surface area contributed by atoms with Crippen LogP contribution < -0.4 is 4.72 Å². The van der Waals surface area contributed by atoms with Crippen LogP contribution in [-0.4, -0.2) is 39.9 Å². The maximum absolute atomic E-state index is 13.3. The minimum atomic E-state index is -4.26. The van der Waals surface area contributed by atoms with Crippen LogP contribution in [0.4, 0.5) is 13.2 Å². The second-order valence-corrected chi connectivity index (χ2v) is 5.50. The molecule has 0 amide bonds. The number of halogens is 3. The lowest BCUT2D eigenvalue weighted by Gasteiger charge is -2.08. The maximum atomic E-state index is 13.3. The Hall–Kier alpha value is -1.16. The molecule has 0 aliphatic carbocycles. The van der Waals surface area contributed by atoms with E-state index >= 15 is 0 Å². The van der Waals surface area contributed by atoms with Gasteiger partial charge in [-0.2, -0.15) is 0 Å². The average molecular weight is 313 g/mol. The van der Waals surface area contributed by atoms with Crippen LogP contribution in [0.25, 0.3) is 0 Å². The lowest BCUT2D eigenvalue weighted by molar-refractivity contribution is 0.0913. The molecule has 1 aromatic carbocycles. The van der Waals surface area contributed by atoms with Crippen molar-refractivity contribution in [2.45, 2.75) is 11.3 Å². The Morgan fingerprint density at radius 3 is 2.50 bits per heavy atom. The first kappa shape index (κ1) is 16.9. The summed E-state index contributed by atoms with van der Waals surface area (Å²) in [6.07, 6.45) is 0.282. The third-order valence-corrected chi connectivity index (χ3v) is 3.76. The molecule has 0 spiro atoms. The Labute approximate surface area is 114 Å². The molecular weight excluding hydrogens is 299 g/mol. The van der Waals surface area contributed by atoms with Gasteiger partial charge in [0, 0.05) is 13.2 Å². The molecule has 1 aromatic rings. The van der Waals surface area contributed by atoms with Gasteiger partial charge in [-0.15, -0.1) is 0 Å². The molecule has 2 N–H and O–H groups in total. The number of benzene rings is 1. The molecule has 0 aromatic heterocycles. The van der Waals surface area contributed by atoms with Crippen molar-refractivity contribution < 1.29 is 31.4 Å². The molecule has 9 heteroatoms. The van der Waals surface area contributed by atoms with Crippen molar-refractivity contribution in [3.8, 4) is 0 Å². The predicted molar refractivity (Wildman–Crippen MR) is 64.0 cm³/mol. The van der Waals surface area contributed by atoms with E-state index in [9.17, 15) is 21.6 Å². The van der Waals surface area contributed by atoms with Crippen LogP contribution in [0.15, 0.2) is 17.0 Å². The molecule has 0 heterocycles.